The minimum absolute atomic E-state index is 0.0639. The van der Waals surface area contributed by atoms with Crippen LogP contribution in [0.1, 0.15) is 36.9 Å². The topological polar surface area (TPSA) is 68.2 Å². The van der Waals surface area contributed by atoms with Crippen molar-refractivity contribution in [2.75, 3.05) is 33.9 Å². The first-order valence-corrected chi connectivity index (χ1v) is 9.98. The quantitative estimate of drug-likeness (QED) is 0.724. The third-order valence-corrected chi connectivity index (χ3v) is 5.46. The summed E-state index contributed by atoms with van der Waals surface area (Å²) >= 11 is 0. The van der Waals surface area contributed by atoms with Crippen molar-refractivity contribution in [3.05, 3.63) is 53.6 Å². The van der Waals surface area contributed by atoms with Gasteiger partial charge in [0.05, 0.1) is 32.8 Å². The van der Waals surface area contributed by atoms with Gasteiger partial charge in [-0.25, -0.2) is 0 Å². The van der Waals surface area contributed by atoms with E-state index in [1.54, 1.807) is 14.2 Å². The van der Waals surface area contributed by atoms with Crippen LogP contribution in [0.15, 0.2) is 42.5 Å². The van der Waals surface area contributed by atoms with E-state index in [9.17, 15) is 9.90 Å². The Kier molecular flexibility index (Phi) is 6.99. The average molecular weight is 399 g/mol. The molecule has 0 spiro atoms. The lowest BCUT2D eigenvalue weighted by Crippen LogP contribution is -2.39. The minimum Gasteiger partial charge on any atom is -0.497 e. The van der Waals surface area contributed by atoms with Crippen LogP contribution in [0.3, 0.4) is 0 Å². The molecule has 2 aromatic carbocycles. The summed E-state index contributed by atoms with van der Waals surface area (Å²) in [4.78, 5) is 13.7. The van der Waals surface area contributed by atoms with Crippen LogP contribution in [-0.4, -0.2) is 49.9 Å². The van der Waals surface area contributed by atoms with Gasteiger partial charge < -0.3 is 19.3 Å². The number of hydrogen-bond donors (Lipinski definition) is 1. The van der Waals surface area contributed by atoms with Crippen molar-refractivity contribution >= 4 is 5.97 Å². The van der Waals surface area contributed by atoms with Crippen molar-refractivity contribution in [3.63, 3.8) is 0 Å². The summed E-state index contributed by atoms with van der Waals surface area (Å²) in [6.45, 7) is 3.97. The summed E-state index contributed by atoms with van der Waals surface area (Å²) in [6, 6.07) is 13.9. The standard InChI is InChI=1S/C23H29NO5/c1-4-29-19-7-5-6-17(14-19)22(24-12-10-16(11-13-24)23(25)26)20-9-8-18(27-2)15-21(20)28-3/h5-9,14-16,22H,4,10-13H2,1-3H3,(H,25,26). The number of piperidine rings is 1. The monoisotopic (exact) mass is 399 g/mol. The molecule has 156 valence electrons. The van der Waals surface area contributed by atoms with E-state index < -0.39 is 5.97 Å². The SMILES string of the molecule is CCOc1cccc(C(c2ccc(OC)cc2OC)N2CCC(C(=O)O)CC2)c1. The number of carbonyl (C=O) groups is 1. The predicted octanol–water partition coefficient (Wildman–Crippen LogP) is 3.99. The third kappa shape index (κ3) is 4.82. The molecule has 0 amide bonds. The molecule has 3 rings (SSSR count). The third-order valence-electron chi connectivity index (χ3n) is 5.46. The average Bonchev–Trinajstić information content (AvgIpc) is 2.75. The summed E-state index contributed by atoms with van der Waals surface area (Å²) < 4.78 is 16.8. The van der Waals surface area contributed by atoms with E-state index in [0.29, 0.717) is 32.5 Å². The molecular weight excluding hydrogens is 370 g/mol. The summed E-state index contributed by atoms with van der Waals surface area (Å²) in [5.74, 6) is 1.32. The molecule has 1 aliphatic heterocycles. The van der Waals surface area contributed by atoms with E-state index >= 15 is 0 Å². The lowest BCUT2D eigenvalue weighted by molar-refractivity contribution is -0.143. The van der Waals surface area contributed by atoms with Gasteiger partial charge in [-0.3, -0.25) is 9.69 Å². The number of rotatable bonds is 8. The van der Waals surface area contributed by atoms with Crippen LogP contribution < -0.4 is 14.2 Å². The smallest absolute Gasteiger partial charge is 0.306 e. The van der Waals surface area contributed by atoms with Gasteiger partial charge in [0.1, 0.15) is 17.2 Å². The van der Waals surface area contributed by atoms with Gasteiger partial charge in [-0.2, -0.15) is 0 Å². The Bertz CT molecular complexity index is 830. The van der Waals surface area contributed by atoms with E-state index in [2.05, 4.69) is 17.0 Å². The molecule has 1 heterocycles. The molecule has 0 aromatic heterocycles. The highest BCUT2D eigenvalue weighted by molar-refractivity contribution is 5.70. The predicted molar refractivity (Wildman–Crippen MR) is 111 cm³/mol. The summed E-state index contributed by atoms with van der Waals surface area (Å²) in [7, 11) is 3.29. The first-order chi connectivity index (χ1) is 14.1. The summed E-state index contributed by atoms with van der Waals surface area (Å²) in [5.41, 5.74) is 2.11. The number of likely N-dealkylation sites (tertiary alicyclic amines) is 1. The molecule has 6 nitrogen and oxygen atoms in total. The van der Waals surface area contributed by atoms with Crippen molar-refractivity contribution in [3.8, 4) is 17.2 Å². The zero-order valence-electron chi connectivity index (χ0n) is 17.3. The van der Waals surface area contributed by atoms with Crippen molar-refractivity contribution in [1.82, 2.24) is 4.90 Å². The second kappa shape index (κ2) is 9.65. The van der Waals surface area contributed by atoms with E-state index in [4.69, 9.17) is 14.2 Å². The Balaban J connectivity index is 2.01. The van der Waals surface area contributed by atoms with Crippen LogP contribution in [0.25, 0.3) is 0 Å². The van der Waals surface area contributed by atoms with Gasteiger partial charge in [0, 0.05) is 11.6 Å². The Labute approximate surface area is 172 Å². The van der Waals surface area contributed by atoms with Crippen molar-refractivity contribution in [2.45, 2.75) is 25.8 Å². The molecule has 0 aliphatic carbocycles. The molecule has 6 heteroatoms. The Hall–Kier alpha value is -2.73. The number of ether oxygens (including phenoxy) is 3. The number of methoxy groups -OCH3 is 2. The number of hydrogen-bond acceptors (Lipinski definition) is 5. The van der Waals surface area contributed by atoms with Gasteiger partial charge in [-0.05, 0) is 62.7 Å². The maximum absolute atomic E-state index is 11.4. The van der Waals surface area contributed by atoms with Gasteiger partial charge in [-0.1, -0.05) is 12.1 Å². The van der Waals surface area contributed by atoms with E-state index in [1.165, 1.54) is 0 Å². The molecular formula is C23H29NO5. The van der Waals surface area contributed by atoms with Gasteiger partial charge in [0.15, 0.2) is 0 Å². The maximum atomic E-state index is 11.4. The van der Waals surface area contributed by atoms with Crippen LogP contribution in [0.2, 0.25) is 0 Å². The minimum atomic E-state index is -0.707. The Morgan fingerprint density at radius 3 is 2.48 bits per heavy atom. The van der Waals surface area contributed by atoms with Crippen LogP contribution in [0.5, 0.6) is 17.2 Å². The van der Waals surface area contributed by atoms with Crippen LogP contribution >= 0.6 is 0 Å². The van der Waals surface area contributed by atoms with E-state index in [0.717, 1.165) is 28.4 Å². The number of carboxylic acid groups (broad SMARTS) is 1. The molecule has 1 atom stereocenters. The van der Waals surface area contributed by atoms with Crippen molar-refractivity contribution < 1.29 is 24.1 Å². The number of benzene rings is 2. The molecule has 0 bridgehead atoms. The van der Waals surface area contributed by atoms with Crippen molar-refractivity contribution in [1.29, 1.82) is 0 Å². The molecule has 1 saturated heterocycles. The first-order valence-electron chi connectivity index (χ1n) is 9.98. The first kappa shape index (κ1) is 21.0. The van der Waals surface area contributed by atoms with Gasteiger partial charge in [0.2, 0.25) is 0 Å². The highest BCUT2D eigenvalue weighted by Crippen LogP contribution is 2.39. The fraction of sp³-hybridized carbons (Fsp3) is 0.435. The maximum Gasteiger partial charge on any atom is 0.306 e. The van der Waals surface area contributed by atoms with E-state index in [1.807, 2.05) is 37.3 Å². The molecule has 0 saturated carbocycles. The Morgan fingerprint density at radius 1 is 1.10 bits per heavy atom. The fourth-order valence-corrected chi connectivity index (χ4v) is 3.98. The lowest BCUT2D eigenvalue weighted by Gasteiger charge is -2.37. The number of aliphatic carboxylic acids is 1. The second-order valence-electron chi connectivity index (χ2n) is 7.16. The van der Waals surface area contributed by atoms with Gasteiger partial charge in [-0.15, -0.1) is 0 Å². The van der Waals surface area contributed by atoms with Crippen LogP contribution in [0.4, 0.5) is 0 Å². The zero-order chi connectivity index (χ0) is 20.8. The highest BCUT2D eigenvalue weighted by Gasteiger charge is 2.31. The van der Waals surface area contributed by atoms with E-state index in [-0.39, 0.29) is 12.0 Å². The molecule has 0 radical (unpaired) electrons. The lowest BCUT2D eigenvalue weighted by atomic mass is 9.90. The zero-order valence-corrected chi connectivity index (χ0v) is 17.3. The van der Waals surface area contributed by atoms with Crippen LogP contribution in [0, 0.1) is 5.92 Å². The van der Waals surface area contributed by atoms with Gasteiger partial charge >= 0.3 is 5.97 Å². The summed E-state index contributed by atoms with van der Waals surface area (Å²) in [5, 5.41) is 9.36. The fourth-order valence-electron chi connectivity index (χ4n) is 3.98. The molecule has 2 aromatic rings. The number of nitrogens with zero attached hydrogens (tertiary/aromatic N) is 1. The summed E-state index contributed by atoms with van der Waals surface area (Å²) in [6.07, 6.45) is 1.27. The van der Waals surface area contributed by atoms with Crippen LogP contribution in [-0.2, 0) is 4.79 Å². The molecule has 1 fully saturated rings. The molecule has 1 N–H and O–H groups in total. The van der Waals surface area contributed by atoms with Gasteiger partial charge in [0.25, 0.3) is 0 Å². The molecule has 1 aliphatic rings. The highest BCUT2D eigenvalue weighted by atomic mass is 16.5. The largest absolute Gasteiger partial charge is 0.497 e. The second-order valence-corrected chi connectivity index (χ2v) is 7.16. The molecule has 29 heavy (non-hydrogen) atoms. The Morgan fingerprint density at radius 2 is 1.86 bits per heavy atom. The van der Waals surface area contributed by atoms with Crippen molar-refractivity contribution in [2.24, 2.45) is 5.92 Å². The molecule has 1 unspecified atom stereocenters. The number of carboxylic acids is 1. The normalized spacial score (nSPS) is 16.2.